The van der Waals surface area contributed by atoms with Crippen molar-refractivity contribution in [3.63, 3.8) is 0 Å². The normalized spacial score (nSPS) is 14.5. The maximum absolute atomic E-state index is 14.5. The Hall–Kier alpha value is -2.34. The van der Waals surface area contributed by atoms with Crippen LogP contribution in [0, 0.1) is 19.7 Å². The van der Waals surface area contributed by atoms with Crippen molar-refractivity contribution in [1.29, 1.82) is 0 Å². The van der Waals surface area contributed by atoms with Crippen molar-refractivity contribution in [3.8, 4) is 11.3 Å². The van der Waals surface area contributed by atoms with Crippen LogP contribution in [0.15, 0.2) is 18.2 Å². The number of nitrogens with zero attached hydrogens (tertiary/aromatic N) is 5. The summed E-state index contributed by atoms with van der Waals surface area (Å²) in [4.78, 5) is 20.5. The molecule has 2 aromatic heterocycles. The first kappa shape index (κ1) is 16.1. The van der Waals surface area contributed by atoms with Crippen LogP contribution in [0.2, 0.25) is 5.02 Å². The van der Waals surface area contributed by atoms with Crippen molar-refractivity contribution in [1.82, 2.24) is 19.9 Å². The molecule has 1 aromatic carbocycles. The van der Waals surface area contributed by atoms with E-state index >= 15 is 0 Å². The number of hydrogen-bond acceptors (Lipinski definition) is 5. The van der Waals surface area contributed by atoms with Gasteiger partial charge in [0.2, 0.25) is 5.95 Å². The van der Waals surface area contributed by atoms with Gasteiger partial charge in [-0.3, -0.25) is 0 Å². The lowest BCUT2D eigenvalue weighted by atomic mass is 10.1. The number of aromatic nitrogens is 4. The van der Waals surface area contributed by atoms with Gasteiger partial charge in [-0.1, -0.05) is 11.6 Å². The molecule has 1 saturated heterocycles. The van der Waals surface area contributed by atoms with Crippen molar-refractivity contribution in [2.24, 2.45) is 0 Å². The summed E-state index contributed by atoms with van der Waals surface area (Å²) in [5.41, 5.74) is 3.39. The van der Waals surface area contributed by atoms with Crippen molar-refractivity contribution in [2.45, 2.75) is 26.7 Å². The maximum Gasteiger partial charge on any atom is 0.228 e. The minimum Gasteiger partial charge on any atom is -0.341 e. The molecule has 25 heavy (non-hydrogen) atoms. The van der Waals surface area contributed by atoms with Crippen LogP contribution in [-0.2, 0) is 0 Å². The van der Waals surface area contributed by atoms with Crippen LogP contribution in [0.1, 0.15) is 24.2 Å². The lowest BCUT2D eigenvalue weighted by Gasteiger charge is -2.17. The summed E-state index contributed by atoms with van der Waals surface area (Å²) < 4.78 is 14.5. The molecule has 0 unspecified atom stereocenters. The number of fused-ring (bicyclic) bond motifs is 1. The Bertz CT molecular complexity index is 969. The zero-order valence-electron chi connectivity index (χ0n) is 14.1. The second-order valence-electron chi connectivity index (χ2n) is 6.26. The average Bonchev–Trinajstić information content (AvgIpc) is 3.10. The van der Waals surface area contributed by atoms with Crippen LogP contribution in [0.4, 0.5) is 10.3 Å². The van der Waals surface area contributed by atoms with Crippen LogP contribution in [-0.4, -0.2) is 33.0 Å². The second-order valence-corrected chi connectivity index (χ2v) is 6.69. The van der Waals surface area contributed by atoms with E-state index in [9.17, 15) is 4.39 Å². The van der Waals surface area contributed by atoms with Gasteiger partial charge < -0.3 is 4.90 Å². The molecule has 0 bridgehead atoms. The zero-order valence-corrected chi connectivity index (χ0v) is 14.8. The molecule has 128 valence electrons. The number of rotatable bonds is 2. The van der Waals surface area contributed by atoms with Crippen LogP contribution in [0.3, 0.4) is 0 Å². The summed E-state index contributed by atoms with van der Waals surface area (Å²) in [5, 5.41) is 0.345. The lowest BCUT2D eigenvalue weighted by Crippen LogP contribution is -2.21. The average molecular weight is 358 g/mol. The van der Waals surface area contributed by atoms with Crippen molar-refractivity contribution in [2.75, 3.05) is 18.0 Å². The minimum atomic E-state index is -0.431. The summed E-state index contributed by atoms with van der Waals surface area (Å²) in [7, 11) is 0. The molecule has 4 rings (SSSR count). The van der Waals surface area contributed by atoms with Gasteiger partial charge in [0.1, 0.15) is 17.0 Å². The molecular weight excluding hydrogens is 341 g/mol. The van der Waals surface area contributed by atoms with Crippen LogP contribution in [0.25, 0.3) is 22.4 Å². The fraction of sp³-hybridized carbons (Fsp3) is 0.333. The molecule has 0 amide bonds. The van der Waals surface area contributed by atoms with Gasteiger partial charge >= 0.3 is 0 Å². The predicted octanol–water partition coefficient (Wildman–Crippen LogP) is 4.10. The monoisotopic (exact) mass is 357 g/mol. The Morgan fingerprint density at radius 2 is 1.72 bits per heavy atom. The lowest BCUT2D eigenvalue weighted by molar-refractivity contribution is 0.631. The number of hydrogen-bond donors (Lipinski definition) is 0. The molecule has 0 aliphatic carbocycles. The highest BCUT2D eigenvalue weighted by Gasteiger charge is 2.21. The van der Waals surface area contributed by atoms with E-state index in [4.69, 9.17) is 11.6 Å². The van der Waals surface area contributed by atoms with E-state index < -0.39 is 5.82 Å². The van der Waals surface area contributed by atoms with Gasteiger partial charge in [0.25, 0.3) is 0 Å². The molecule has 1 aliphatic rings. The van der Waals surface area contributed by atoms with Gasteiger partial charge in [0.15, 0.2) is 5.65 Å². The first-order valence-electron chi connectivity index (χ1n) is 8.26. The fourth-order valence-corrected chi connectivity index (χ4v) is 3.19. The SMILES string of the molecule is Cc1nc2nc(N3CCCC3)nc(-c3ccc(Cl)cc3F)c2nc1C. The summed E-state index contributed by atoms with van der Waals surface area (Å²) in [5.74, 6) is 0.145. The Morgan fingerprint density at radius 3 is 2.44 bits per heavy atom. The Morgan fingerprint density at radius 1 is 1.00 bits per heavy atom. The van der Waals surface area contributed by atoms with Crippen LogP contribution < -0.4 is 4.90 Å². The minimum absolute atomic E-state index is 0.345. The molecular formula is C18H17ClFN5. The van der Waals surface area contributed by atoms with E-state index in [0.29, 0.717) is 33.4 Å². The maximum atomic E-state index is 14.5. The summed E-state index contributed by atoms with van der Waals surface area (Å²) in [6.45, 7) is 5.55. The first-order chi connectivity index (χ1) is 12.0. The van der Waals surface area contributed by atoms with E-state index in [1.165, 1.54) is 6.07 Å². The third-order valence-corrected chi connectivity index (χ3v) is 4.74. The first-order valence-corrected chi connectivity index (χ1v) is 8.64. The van der Waals surface area contributed by atoms with Gasteiger partial charge in [0.05, 0.1) is 11.4 Å². The predicted molar refractivity (Wildman–Crippen MR) is 96.5 cm³/mol. The third-order valence-electron chi connectivity index (χ3n) is 4.51. The van der Waals surface area contributed by atoms with E-state index in [1.807, 2.05) is 13.8 Å². The van der Waals surface area contributed by atoms with Gasteiger partial charge in [-0.15, -0.1) is 0 Å². The molecule has 0 spiro atoms. The molecule has 0 saturated carbocycles. The van der Waals surface area contributed by atoms with Crippen LogP contribution >= 0.6 is 11.6 Å². The highest BCUT2D eigenvalue weighted by molar-refractivity contribution is 6.30. The van der Waals surface area contributed by atoms with Crippen molar-refractivity contribution in [3.05, 3.63) is 40.4 Å². The molecule has 0 radical (unpaired) electrons. The molecule has 1 aliphatic heterocycles. The van der Waals surface area contributed by atoms with Gasteiger partial charge in [0, 0.05) is 23.7 Å². The quantitative estimate of drug-likeness (QED) is 0.691. The Labute approximate surface area is 149 Å². The molecule has 3 heterocycles. The standard InChI is InChI=1S/C18H17ClFN5/c1-10-11(2)22-17-16(21-10)15(13-6-5-12(19)9-14(13)20)23-18(24-17)25-7-3-4-8-25/h5-6,9H,3-4,7-8H2,1-2H3. The molecule has 3 aromatic rings. The van der Waals surface area contributed by atoms with Gasteiger partial charge in [-0.05, 0) is 44.9 Å². The molecule has 0 atom stereocenters. The molecule has 0 N–H and O–H groups in total. The smallest absolute Gasteiger partial charge is 0.228 e. The summed E-state index contributed by atoms with van der Waals surface area (Å²) in [6, 6.07) is 4.57. The fourth-order valence-electron chi connectivity index (χ4n) is 3.03. The highest BCUT2D eigenvalue weighted by atomic mass is 35.5. The number of halogens is 2. The molecule has 7 heteroatoms. The van der Waals surface area contributed by atoms with Gasteiger partial charge in [-0.25, -0.2) is 19.3 Å². The zero-order chi connectivity index (χ0) is 17.6. The second kappa shape index (κ2) is 6.19. The summed E-state index contributed by atoms with van der Waals surface area (Å²) >= 11 is 5.89. The largest absolute Gasteiger partial charge is 0.341 e. The Balaban J connectivity index is 2.00. The van der Waals surface area contributed by atoms with Gasteiger partial charge in [-0.2, -0.15) is 4.98 Å². The van der Waals surface area contributed by atoms with E-state index in [0.717, 1.165) is 37.3 Å². The third kappa shape index (κ3) is 2.91. The highest BCUT2D eigenvalue weighted by Crippen LogP contribution is 2.31. The number of aryl methyl sites for hydroxylation is 2. The number of benzene rings is 1. The summed E-state index contributed by atoms with van der Waals surface area (Å²) in [6.07, 6.45) is 2.20. The molecule has 5 nitrogen and oxygen atoms in total. The van der Waals surface area contributed by atoms with E-state index in [1.54, 1.807) is 12.1 Å². The van der Waals surface area contributed by atoms with Crippen molar-refractivity contribution < 1.29 is 4.39 Å². The van der Waals surface area contributed by atoms with Crippen LogP contribution in [0.5, 0.6) is 0 Å². The van der Waals surface area contributed by atoms with E-state index in [-0.39, 0.29) is 0 Å². The van der Waals surface area contributed by atoms with Crippen molar-refractivity contribution >= 4 is 28.7 Å². The number of anilines is 1. The Kier molecular flexibility index (Phi) is 4.00. The van der Waals surface area contributed by atoms with E-state index in [2.05, 4.69) is 24.8 Å². The molecule has 1 fully saturated rings. The topological polar surface area (TPSA) is 54.8 Å².